The van der Waals surface area contributed by atoms with Gasteiger partial charge in [0.25, 0.3) is 0 Å². The van der Waals surface area contributed by atoms with Crippen LogP contribution in [0, 0.1) is 0 Å². The quantitative estimate of drug-likeness (QED) is 0.352. The highest BCUT2D eigenvalue weighted by molar-refractivity contribution is 8.00. The summed E-state index contributed by atoms with van der Waals surface area (Å²) >= 11 is 2.10. The third-order valence-corrected chi connectivity index (χ3v) is 4.46. The molecule has 0 spiro atoms. The Labute approximate surface area is 112 Å². The van der Waals surface area contributed by atoms with Gasteiger partial charge in [-0.3, -0.25) is 0 Å². The Morgan fingerprint density at radius 3 is 2.12 bits per heavy atom. The van der Waals surface area contributed by atoms with Crippen LogP contribution in [0.5, 0.6) is 0 Å². The van der Waals surface area contributed by atoms with Crippen LogP contribution in [-0.2, 0) is 0 Å². The van der Waals surface area contributed by atoms with Crippen molar-refractivity contribution in [2.75, 3.05) is 5.75 Å². The molecule has 0 bridgehead atoms. The Hall–Kier alpha value is -0.170. The lowest BCUT2D eigenvalue weighted by atomic mass is 10.1. The van der Waals surface area contributed by atoms with E-state index in [9.17, 15) is 0 Å². The summed E-state index contributed by atoms with van der Waals surface area (Å²) in [4.78, 5) is 0. The van der Waals surface area contributed by atoms with Crippen molar-refractivity contribution in [2.24, 2.45) is 0 Å². The fourth-order valence-electron chi connectivity index (χ4n) is 2.13. The monoisotopic (exact) mass is 252 g/mol. The lowest BCUT2D eigenvalue weighted by Crippen LogP contribution is -1.97. The van der Waals surface area contributed by atoms with Gasteiger partial charge < -0.3 is 0 Å². The number of allylic oxidation sites excluding steroid dienone is 2. The fourth-order valence-corrected chi connectivity index (χ4v) is 3.22. The number of rotatable bonds is 10. The SMILES string of the molecule is CCCCCCCCCCSC1C=CCC=C1. The van der Waals surface area contributed by atoms with E-state index in [-0.39, 0.29) is 0 Å². The molecule has 0 aromatic rings. The van der Waals surface area contributed by atoms with Crippen molar-refractivity contribution in [2.45, 2.75) is 70.0 Å². The third-order valence-electron chi connectivity index (χ3n) is 3.23. The first-order chi connectivity index (χ1) is 8.43. The van der Waals surface area contributed by atoms with Crippen molar-refractivity contribution < 1.29 is 0 Å². The van der Waals surface area contributed by atoms with Gasteiger partial charge in [0, 0.05) is 5.25 Å². The average molecular weight is 252 g/mol. The standard InChI is InChI=1S/C16H28S/c1-2-3-4-5-6-7-8-12-15-17-16-13-10-9-11-14-16/h10-11,13-14,16H,2-9,12,15H2,1H3. The number of thioether (sulfide) groups is 1. The smallest absolute Gasteiger partial charge is 0.0407 e. The molecule has 0 aromatic heterocycles. The van der Waals surface area contributed by atoms with Crippen LogP contribution in [0.15, 0.2) is 24.3 Å². The van der Waals surface area contributed by atoms with Gasteiger partial charge in [0.15, 0.2) is 0 Å². The molecule has 0 radical (unpaired) electrons. The molecule has 0 fully saturated rings. The van der Waals surface area contributed by atoms with Gasteiger partial charge in [-0.25, -0.2) is 0 Å². The molecule has 0 nitrogen and oxygen atoms in total. The first kappa shape index (κ1) is 14.9. The van der Waals surface area contributed by atoms with E-state index in [1.165, 1.54) is 57.1 Å². The molecule has 0 aromatic carbocycles. The van der Waals surface area contributed by atoms with E-state index < -0.39 is 0 Å². The van der Waals surface area contributed by atoms with Crippen LogP contribution in [0.2, 0.25) is 0 Å². The summed E-state index contributed by atoms with van der Waals surface area (Å²) in [6.45, 7) is 2.28. The van der Waals surface area contributed by atoms with E-state index in [2.05, 4.69) is 43.0 Å². The molecule has 0 heterocycles. The minimum atomic E-state index is 0.660. The summed E-state index contributed by atoms with van der Waals surface area (Å²) in [7, 11) is 0. The molecule has 0 aliphatic heterocycles. The molecule has 17 heavy (non-hydrogen) atoms. The van der Waals surface area contributed by atoms with E-state index in [0.29, 0.717) is 5.25 Å². The van der Waals surface area contributed by atoms with Crippen LogP contribution < -0.4 is 0 Å². The lowest BCUT2D eigenvalue weighted by molar-refractivity contribution is 0.586. The summed E-state index contributed by atoms with van der Waals surface area (Å²) in [5.41, 5.74) is 0. The van der Waals surface area contributed by atoms with Gasteiger partial charge in [0.05, 0.1) is 0 Å². The van der Waals surface area contributed by atoms with Crippen molar-refractivity contribution in [3.8, 4) is 0 Å². The van der Waals surface area contributed by atoms with Gasteiger partial charge in [-0.15, -0.1) is 0 Å². The van der Waals surface area contributed by atoms with Crippen molar-refractivity contribution in [1.29, 1.82) is 0 Å². The highest BCUT2D eigenvalue weighted by Gasteiger charge is 2.02. The molecule has 1 aliphatic carbocycles. The molecular formula is C16H28S. The fraction of sp³-hybridized carbons (Fsp3) is 0.750. The summed E-state index contributed by atoms with van der Waals surface area (Å²) in [6, 6.07) is 0. The summed E-state index contributed by atoms with van der Waals surface area (Å²) < 4.78 is 0. The van der Waals surface area contributed by atoms with Crippen LogP contribution >= 0.6 is 11.8 Å². The topological polar surface area (TPSA) is 0 Å². The molecule has 1 rings (SSSR count). The zero-order valence-corrected chi connectivity index (χ0v) is 12.2. The zero-order chi connectivity index (χ0) is 12.2. The lowest BCUT2D eigenvalue weighted by Gasteiger charge is -2.10. The summed E-state index contributed by atoms with van der Waals surface area (Å²) in [5, 5.41) is 0.660. The maximum atomic E-state index is 2.34. The van der Waals surface area contributed by atoms with E-state index >= 15 is 0 Å². The minimum absolute atomic E-state index is 0.660. The molecule has 0 amide bonds. The van der Waals surface area contributed by atoms with Crippen molar-refractivity contribution in [3.63, 3.8) is 0 Å². The van der Waals surface area contributed by atoms with Gasteiger partial charge in [-0.2, -0.15) is 11.8 Å². The highest BCUT2D eigenvalue weighted by Crippen LogP contribution is 2.19. The summed E-state index contributed by atoms with van der Waals surface area (Å²) in [6.07, 6.45) is 21.8. The Bertz CT molecular complexity index is 206. The number of hydrogen-bond acceptors (Lipinski definition) is 1. The predicted molar refractivity (Wildman–Crippen MR) is 81.8 cm³/mol. The largest absolute Gasteiger partial charge is 0.150 e. The molecule has 0 saturated heterocycles. The average Bonchev–Trinajstić information content (AvgIpc) is 2.38. The van der Waals surface area contributed by atoms with E-state index in [1.807, 2.05) is 0 Å². The van der Waals surface area contributed by atoms with E-state index in [4.69, 9.17) is 0 Å². The van der Waals surface area contributed by atoms with Crippen molar-refractivity contribution >= 4 is 11.8 Å². The second-order valence-electron chi connectivity index (χ2n) is 4.90. The van der Waals surface area contributed by atoms with Crippen molar-refractivity contribution in [3.05, 3.63) is 24.3 Å². The first-order valence-electron chi connectivity index (χ1n) is 7.38. The first-order valence-corrected chi connectivity index (χ1v) is 8.43. The molecule has 0 saturated carbocycles. The second kappa shape index (κ2) is 11.0. The van der Waals surface area contributed by atoms with Crippen molar-refractivity contribution in [1.82, 2.24) is 0 Å². The Kier molecular flexibility index (Phi) is 9.59. The summed E-state index contributed by atoms with van der Waals surface area (Å²) in [5.74, 6) is 1.33. The van der Waals surface area contributed by atoms with Gasteiger partial charge in [0.1, 0.15) is 0 Å². The second-order valence-corrected chi connectivity index (χ2v) is 6.19. The molecule has 0 N–H and O–H groups in total. The zero-order valence-electron chi connectivity index (χ0n) is 11.4. The molecule has 0 unspecified atom stereocenters. The van der Waals surface area contributed by atoms with Crippen LogP contribution in [0.4, 0.5) is 0 Å². The molecule has 1 aliphatic rings. The van der Waals surface area contributed by atoms with Gasteiger partial charge in [-0.1, -0.05) is 76.2 Å². The number of hydrogen-bond donors (Lipinski definition) is 0. The molecule has 98 valence electrons. The van der Waals surface area contributed by atoms with E-state index in [0.717, 1.165) is 6.42 Å². The Balaban J connectivity index is 1.79. The normalized spacial score (nSPS) is 15.6. The van der Waals surface area contributed by atoms with Crippen LogP contribution in [-0.4, -0.2) is 11.0 Å². The highest BCUT2D eigenvalue weighted by atomic mass is 32.2. The van der Waals surface area contributed by atoms with Crippen LogP contribution in [0.1, 0.15) is 64.7 Å². The minimum Gasteiger partial charge on any atom is -0.150 e. The molecule has 1 heteroatoms. The van der Waals surface area contributed by atoms with E-state index in [1.54, 1.807) is 0 Å². The van der Waals surface area contributed by atoms with Crippen LogP contribution in [0.3, 0.4) is 0 Å². The van der Waals surface area contributed by atoms with Crippen LogP contribution in [0.25, 0.3) is 0 Å². The Morgan fingerprint density at radius 2 is 1.47 bits per heavy atom. The maximum absolute atomic E-state index is 2.34. The van der Waals surface area contributed by atoms with Gasteiger partial charge in [-0.05, 0) is 18.6 Å². The molecule has 0 atom stereocenters. The Morgan fingerprint density at radius 1 is 0.882 bits per heavy atom. The van der Waals surface area contributed by atoms with Gasteiger partial charge in [0.2, 0.25) is 0 Å². The van der Waals surface area contributed by atoms with Gasteiger partial charge >= 0.3 is 0 Å². The predicted octanol–water partition coefficient (Wildman–Crippen LogP) is 5.75. The third kappa shape index (κ3) is 8.54. The number of unbranched alkanes of at least 4 members (excludes halogenated alkanes) is 7. The molecular weight excluding hydrogens is 224 g/mol. The maximum Gasteiger partial charge on any atom is 0.0407 e.